The molecule has 43 heavy (non-hydrogen) atoms. The SMILES string of the molecule is C=CC1=NC2CC(=C)N=C(C=C)c3c(ccc4c3oc3nc(-c5c(C)cc(C)cc5C)ccc34)CCC2c2ccccc21. The fourth-order valence-electron chi connectivity index (χ4n) is 7.24. The molecule has 2 atom stereocenters. The van der Waals surface area contributed by atoms with Crippen molar-refractivity contribution in [3.05, 3.63) is 137 Å². The van der Waals surface area contributed by atoms with Crippen molar-refractivity contribution in [3.8, 4) is 11.3 Å². The molecule has 4 heteroatoms. The highest BCUT2D eigenvalue weighted by Crippen LogP contribution is 2.40. The largest absolute Gasteiger partial charge is 0.437 e. The summed E-state index contributed by atoms with van der Waals surface area (Å²) in [6.45, 7) is 19.0. The van der Waals surface area contributed by atoms with Gasteiger partial charge in [-0.1, -0.05) is 73.8 Å². The van der Waals surface area contributed by atoms with Gasteiger partial charge in [0.05, 0.1) is 23.2 Å². The molecule has 0 fully saturated rings. The smallest absolute Gasteiger partial charge is 0.227 e. The van der Waals surface area contributed by atoms with E-state index in [-0.39, 0.29) is 12.0 Å². The highest BCUT2D eigenvalue weighted by atomic mass is 16.3. The maximum absolute atomic E-state index is 6.64. The fourth-order valence-corrected chi connectivity index (χ4v) is 7.24. The number of rotatable bonds is 3. The predicted octanol–water partition coefficient (Wildman–Crippen LogP) is 9.54. The summed E-state index contributed by atoms with van der Waals surface area (Å²) in [5.74, 6) is 0.251. The first-order valence-electron chi connectivity index (χ1n) is 15.0. The summed E-state index contributed by atoms with van der Waals surface area (Å²) in [7, 11) is 0. The summed E-state index contributed by atoms with van der Waals surface area (Å²) >= 11 is 0. The third-order valence-corrected chi connectivity index (χ3v) is 9.02. The number of aliphatic imine (C=N–C) groups is 2. The molecule has 0 saturated heterocycles. The first-order chi connectivity index (χ1) is 20.9. The number of nitrogens with zero attached hydrogens (tertiary/aromatic N) is 3. The number of pyridine rings is 1. The van der Waals surface area contributed by atoms with E-state index in [4.69, 9.17) is 19.4 Å². The Morgan fingerprint density at radius 1 is 0.860 bits per heavy atom. The minimum atomic E-state index is 0.0537. The topological polar surface area (TPSA) is 50.8 Å². The van der Waals surface area contributed by atoms with Gasteiger partial charge in [-0.3, -0.25) is 9.98 Å². The minimum absolute atomic E-state index is 0.0537. The van der Waals surface area contributed by atoms with E-state index in [0.29, 0.717) is 12.1 Å². The average molecular weight is 562 g/mol. The lowest BCUT2D eigenvalue weighted by atomic mass is 9.78. The number of aromatic nitrogens is 1. The van der Waals surface area contributed by atoms with Gasteiger partial charge in [0.25, 0.3) is 0 Å². The highest BCUT2D eigenvalue weighted by Gasteiger charge is 2.32. The molecule has 4 nitrogen and oxygen atoms in total. The predicted molar refractivity (Wildman–Crippen MR) is 180 cm³/mol. The molecule has 212 valence electrons. The molecule has 0 aliphatic carbocycles. The molecule has 0 bridgehead atoms. The number of aryl methyl sites for hydroxylation is 4. The van der Waals surface area contributed by atoms with Gasteiger partial charge in [0.15, 0.2) is 0 Å². The standard InChI is InChI=1S/C39H35N3O/c1-7-32-28-12-10-9-11-27(28)29-15-13-26-14-16-30-31-17-18-34(36-23(4)19-22(3)20-24(36)5)42-39(31)43-38(30)37(26)33(8-2)40-25(6)21-35(29)41-32/h7-12,14,16-20,29,35H,1-2,6,13,15,21H2,3-5H3. The number of furan rings is 1. The van der Waals surface area contributed by atoms with E-state index in [9.17, 15) is 0 Å². The molecule has 0 N–H and O–H groups in total. The highest BCUT2D eigenvalue weighted by molar-refractivity contribution is 6.20. The summed E-state index contributed by atoms with van der Waals surface area (Å²) in [6, 6.07) is 21.7. The Morgan fingerprint density at radius 2 is 1.60 bits per heavy atom. The number of hydrogen-bond acceptors (Lipinski definition) is 4. The number of fused-ring (bicyclic) bond motifs is 8. The van der Waals surface area contributed by atoms with Gasteiger partial charge in [0.2, 0.25) is 5.71 Å². The minimum Gasteiger partial charge on any atom is -0.437 e. The van der Waals surface area contributed by atoms with Crippen LogP contribution in [-0.4, -0.2) is 22.4 Å². The van der Waals surface area contributed by atoms with Gasteiger partial charge in [-0.25, -0.2) is 4.98 Å². The molecule has 4 heterocycles. The second-order valence-corrected chi connectivity index (χ2v) is 11.9. The van der Waals surface area contributed by atoms with Crippen LogP contribution < -0.4 is 0 Å². The van der Waals surface area contributed by atoms with Crippen molar-refractivity contribution in [1.82, 2.24) is 4.98 Å². The zero-order valence-electron chi connectivity index (χ0n) is 25.1. The van der Waals surface area contributed by atoms with Gasteiger partial charge in [0, 0.05) is 45.5 Å². The molecule has 2 unspecified atom stereocenters. The lowest BCUT2D eigenvalue weighted by molar-refractivity contribution is 0.490. The van der Waals surface area contributed by atoms with Crippen molar-refractivity contribution < 1.29 is 4.42 Å². The molecule has 2 aromatic heterocycles. The quantitative estimate of drug-likeness (QED) is 0.220. The first kappa shape index (κ1) is 27.0. The Labute approximate surface area is 252 Å². The number of hydrogen-bond donors (Lipinski definition) is 0. The maximum atomic E-state index is 6.64. The van der Waals surface area contributed by atoms with Crippen molar-refractivity contribution in [2.75, 3.05) is 0 Å². The molecule has 2 aliphatic rings. The third kappa shape index (κ3) is 4.49. The molecule has 0 saturated carbocycles. The van der Waals surface area contributed by atoms with Gasteiger partial charge in [-0.05, 0) is 80.2 Å². The Kier molecular flexibility index (Phi) is 6.58. The third-order valence-electron chi connectivity index (χ3n) is 9.02. The van der Waals surface area contributed by atoms with E-state index >= 15 is 0 Å². The van der Waals surface area contributed by atoms with Crippen molar-refractivity contribution in [2.45, 2.75) is 52.0 Å². The zero-order valence-corrected chi connectivity index (χ0v) is 25.1. The van der Waals surface area contributed by atoms with Crippen LogP contribution in [0.25, 0.3) is 33.3 Å². The van der Waals surface area contributed by atoms with Crippen molar-refractivity contribution in [1.29, 1.82) is 0 Å². The second-order valence-electron chi connectivity index (χ2n) is 11.9. The molecular weight excluding hydrogens is 526 g/mol. The summed E-state index contributed by atoms with van der Waals surface area (Å²) < 4.78 is 6.64. The Balaban J connectivity index is 1.38. The van der Waals surface area contributed by atoms with Gasteiger partial charge in [0.1, 0.15) is 5.58 Å². The summed E-state index contributed by atoms with van der Waals surface area (Å²) in [6.07, 6.45) is 6.15. The van der Waals surface area contributed by atoms with Crippen LogP contribution in [0.3, 0.4) is 0 Å². The molecule has 2 aliphatic heterocycles. The molecule has 0 radical (unpaired) electrons. The summed E-state index contributed by atoms with van der Waals surface area (Å²) in [4.78, 5) is 15.2. The van der Waals surface area contributed by atoms with E-state index in [1.54, 1.807) is 0 Å². The summed E-state index contributed by atoms with van der Waals surface area (Å²) in [5, 5.41) is 2.03. The van der Waals surface area contributed by atoms with Gasteiger partial charge in [-0.2, -0.15) is 0 Å². The van der Waals surface area contributed by atoms with Gasteiger partial charge in [-0.15, -0.1) is 0 Å². The Morgan fingerprint density at radius 3 is 2.37 bits per heavy atom. The van der Waals surface area contributed by atoms with E-state index < -0.39 is 0 Å². The molecule has 7 rings (SSSR count). The normalized spacial score (nSPS) is 18.3. The van der Waals surface area contributed by atoms with Crippen LogP contribution >= 0.6 is 0 Å². The Hall–Kier alpha value is -4.83. The first-order valence-corrected chi connectivity index (χ1v) is 15.0. The fraction of sp³-hybridized carbons (Fsp3) is 0.205. The van der Waals surface area contributed by atoms with Crippen molar-refractivity contribution in [2.24, 2.45) is 9.98 Å². The molecule has 0 amide bonds. The van der Waals surface area contributed by atoms with E-state index in [0.717, 1.165) is 63.1 Å². The summed E-state index contributed by atoms with van der Waals surface area (Å²) in [5.41, 5.74) is 14.3. The molecule has 0 spiro atoms. The van der Waals surface area contributed by atoms with Crippen LogP contribution in [0.2, 0.25) is 0 Å². The van der Waals surface area contributed by atoms with Crippen LogP contribution in [0.5, 0.6) is 0 Å². The monoisotopic (exact) mass is 561 g/mol. The van der Waals surface area contributed by atoms with Crippen LogP contribution in [0.1, 0.15) is 57.7 Å². The van der Waals surface area contributed by atoms with Crippen LogP contribution in [0, 0.1) is 20.8 Å². The van der Waals surface area contributed by atoms with Crippen LogP contribution in [0.4, 0.5) is 0 Å². The average Bonchev–Trinajstić information content (AvgIpc) is 3.36. The number of benzene rings is 3. The second kappa shape index (κ2) is 10.5. The molecule has 5 aromatic rings. The maximum Gasteiger partial charge on any atom is 0.227 e. The van der Waals surface area contributed by atoms with E-state index in [1.807, 2.05) is 12.2 Å². The van der Waals surface area contributed by atoms with Gasteiger partial charge < -0.3 is 4.42 Å². The lowest BCUT2D eigenvalue weighted by Gasteiger charge is -2.32. The lowest BCUT2D eigenvalue weighted by Crippen LogP contribution is -2.27. The van der Waals surface area contributed by atoms with Crippen molar-refractivity contribution in [3.63, 3.8) is 0 Å². The molecule has 3 aromatic carbocycles. The van der Waals surface area contributed by atoms with Crippen molar-refractivity contribution >= 4 is 33.5 Å². The molecular formula is C39H35N3O. The van der Waals surface area contributed by atoms with E-state index in [2.05, 4.69) is 101 Å². The van der Waals surface area contributed by atoms with Gasteiger partial charge >= 0.3 is 0 Å². The zero-order chi connectivity index (χ0) is 29.8. The number of allylic oxidation sites excluding steroid dienone is 2. The van der Waals surface area contributed by atoms with Crippen LogP contribution in [0.15, 0.2) is 113 Å². The van der Waals surface area contributed by atoms with E-state index in [1.165, 1.54) is 33.4 Å². The van der Waals surface area contributed by atoms with Crippen LogP contribution in [-0.2, 0) is 6.42 Å². The Bertz CT molecular complexity index is 2030.